The normalized spacial score (nSPS) is 17.0. The van der Waals surface area contributed by atoms with Crippen molar-refractivity contribution in [3.05, 3.63) is 64.4 Å². The van der Waals surface area contributed by atoms with E-state index in [4.69, 9.17) is 4.42 Å². The zero-order valence-electron chi connectivity index (χ0n) is 19.0. The minimum atomic E-state index is -4.38. The molecule has 2 aromatic heterocycles. The summed E-state index contributed by atoms with van der Waals surface area (Å²) in [5, 5.41) is 2.83. The lowest BCUT2D eigenvalue weighted by Gasteiger charge is -2.30. The van der Waals surface area contributed by atoms with Crippen molar-refractivity contribution in [2.75, 3.05) is 20.6 Å². The van der Waals surface area contributed by atoms with E-state index < -0.39 is 29.2 Å². The van der Waals surface area contributed by atoms with Crippen molar-refractivity contribution in [3.63, 3.8) is 0 Å². The smallest absolute Gasteiger partial charge is 0.408 e. The molecule has 182 valence electrons. The molecule has 1 aromatic carbocycles. The Morgan fingerprint density at radius 1 is 1.29 bits per heavy atom. The number of nitrogens with zero attached hydrogens (tertiary/aromatic N) is 2. The molecule has 1 aliphatic carbocycles. The highest BCUT2D eigenvalue weighted by Gasteiger charge is 2.67. The van der Waals surface area contributed by atoms with Crippen LogP contribution in [0, 0.1) is 5.41 Å². The first-order valence-corrected chi connectivity index (χ1v) is 11.1. The highest BCUT2D eigenvalue weighted by molar-refractivity contribution is 5.77. The second-order valence-corrected chi connectivity index (χ2v) is 9.17. The molecule has 1 amide bonds. The molecular weight excluding hydrogens is 449 g/mol. The van der Waals surface area contributed by atoms with Gasteiger partial charge in [0, 0.05) is 37.3 Å². The summed E-state index contributed by atoms with van der Waals surface area (Å²) in [5.41, 5.74) is 0.515. The van der Waals surface area contributed by atoms with Gasteiger partial charge in [0.1, 0.15) is 0 Å². The lowest BCUT2D eigenvalue weighted by Crippen LogP contribution is -2.42. The number of carbonyl (C=O) groups excluding carboxylic acids is 1. The average molecular weight is 476 g/mol. The number of rotatable bonds is 9. The molecule has 0 saturated heterocycles. The topological polar surface area (TPSA) is 91.2 Å². The van der Waals surface area contributed by atoms with Crippen LogP contribution in [0.15, 0.2) is 51.9 Å². The van der Waals surface area contributed by atoms with E-state index in [2.05, 4.69) is 15.3 Å². The summed E-state index contributed by atoms with van der Waals surface area (Å²) in [4.78, 5) is 32.7. The number of aromatic nitrogens is 2. The van der Waals surface area contributed by atoms with Gasteiger partial charge < -0.3 is 14.6 Å². The molecule has 34 heavy (non-hydrogen) atoms. The molecule has 2 heterocycles. The van der Waals surface area contributed by atoms with E-state index >= 15 is 0 Å². The summed E-state index contributed by atoms with van der Waals surface area (Å²) >= 11 is 0. The average Bonchev–Trinajstić information content (AvgIpc) is 3.51. The minimum absolute atomic E-state index is 0.0153. The maximum Gasteiger partial charge on any atom is 0.417 e. The molecule has 0 spiro atoms. The number of pyridine rings is 1. The van der Waals surface area contributed by atoms with Crippen LogP contribution < -0.4 is 11.1 Å². The number of hydrogen-bond acceptors (Lipinski definition) is 5. The van der Waals surface area contributed by atoms with Gasteiger partial charge in [-0.2, -0.15) is 13.2 Å². The summed E-state index contributed by atoms with van der Waals surface area (Å²) in [6.07, 6.45) is -1.13. The van der Waals surface area contributed by atoms with Gasteiger partial charge in [-0.1, -0.05) is 12.1 Å². The fourth-order valence-electron chi connectivity index (χ4n) is 4.49. The van der Waals surface area contributed by atoms with Crippen molar-refractivity contribution >= 4 is 17.0 Å². The quantitative estimate of drug-likeness (QED) is 0.492. The number of H-pyrrole nitrogens is 1. The Balaban J connectivity index is 1.44. The number of oxazole rings is 1. The summed E-state index contributed by atoms with van der Waals surface area (Å²) < 4.78 is 46.7. The number of alkyl halides is 3. The van der Waals surface area contributed by atoms with Gasteiger partial charge in [-0.05, 0) is 62.7 Å². The predicted molar refractivity (Wildman–Crippen MR) is 120 cm³/mol. The van der Waals surface area contributed by atoms with Gasteiger partial charge in [0.2, 0.25) is 5.91 Å². The number of nitrogens with one attached hydrogen (secondary N) is 2. The van der Waals surface area contributed by atoms with Crippen molar-refractivity contribution in [1.29, 1.82) is 0 Å². The summed E-state index contributed by atoms with van der Waals surface area (Å²) in [6, 6.07) is 8.48. The summed E-state index contributed by atoms with van der Waals surface area (Å²) in [6.45, 7) is 0.264. The number of aromatic amines is 1. The molecule has 7 nitrogen and oxygen atoms in total. The van der Waals surface area contributed by atoms with Crippen LogP contribution in [0.4, 0.5) is 13.2 Å². The Morgan fingerprint density at radius 2 is 2.06 bits per heavy atom. The van der Waals surface area contributed by atoms with Crippen LogP contribution in [0.25, 0.3) is 11.1 Å². The van der Waals surface area contributed by atoms with Gasteiger partial charge in [0.25, 0.3) is 0 Å². The van der Waals surface area contributed by atoms with Gasteiger partial charge in [-0.3, -0.25) is 14.8 Å². The Hall–Kier alpha value is -3.14. The fourth-order valence-corrected chi connectivity index (χ4v) is 4.49. The van der Waals surface area contributed by atoms with Gasteiger partial charge in [0.05, 0.1) is 10.9 Å². The molecule has 2 atom stereocenters. The molecule has 1 fully saturated rings. The van der Waals surface area contributed by atoms with Crippen molar-refractivity contribution < 1.29 is 22.4 Å². The Kier molecular flexibility index (Phi) is 6.53. The Bertz CT molecular complexity index is 1200. The van der Waals surface area contributed by atoms with Crippen molar-refractivity contribution in [2.45, 2.75) is 43.8 Å². The van der Waals surface area contributed by atoms with E-state index in [0.29, 0.717) is 23.1 Å². The molecule has 2 N–H and O–H groups in total. The van der Waals surface area contributed by atoms with Crippen LogP contribution >= 0.6 is 0 Å². The third-order valence-corrected chi connectivity index (χ3v) is 6.72. The van der Waals surface area contributed by atoms with Crippen molar-refractivity contribution in [3.8, 4) is 0 Å². The molecule has 0 aliphatic heterocycles. The SMILES string of the molecule is CN(C)[C@H](CNC(=O)C[C@H](c1cccnc1)C1(C(F)(F)F)CC1)Cc1ccc2[nH]c(=O)oc2c1. The molecule has 4 rings (SSSR count). The molecule has 10 heteroatoms. The number of halogens is 3. The van der Waals surface area contributed by atoms with Crippen LogP contribution in [0.5, 0.6) is 0 Å². The standard InChI is InChI=1S/C24H27F3N4O3/c1-31(2)17(10-15-5-6-19-20(11-15)34-22(33)30-19)14-29-21(32)12-18(16-4-3-9-28-13-16)23(7-8-23)24(25,26)27/h3-6,9,11,13,17-18H,7-8,10,12,14H2,1-2H3,(H,29,32)(H,30,33)/t17-,18+/m0/s1. The first-order chi connectivity index (χ1) is 16.1. The largest absolute Gasteiger partial charge is 0.417 e. The number of likely N-dealkylation sites (N-methyl/N-ethyl adjacent to an activating group) is 1. The Labute approximate surface area is 194 Å². The summed E-state index contributed by atoms with van der Waals surface area (Å²) in [7, 11) is 3.74. The third kappa shape index (κ3) is 5.01. The molecule has 0 unspecified atom stereocenters. The molecular formula is C24H27F3N4O3. The number of carbonyl (C=O) groups is 1. The highest BCUT2D eigenvalue weighted by atomic mass is 19.4. The second-order valence-electron chi connectivity index (χ2n) is 9.17. The van der Waals surface area contributed by atoms with Crippen LogP contribution in [0.3, 0.4) is 0 Å². The van der Waals surface area contributed by atoms with E-state index in [1.165, 1.54) is 12.4 Å². The van der Waals surface area contributed by atoms with Crippen molar-refractivity contribution in [2.24, 2.45) is 5.41 Å². The van der Waals surface area contributed by atoms with E-state index in [1.54, 1.807) is 24.3 Å². The number of benzene rings is 1. The van der Waals surface area contributed by atoms with Gasteiger partial charge >= 0.3 is 11.9 Å². The first kappa shape index (κ1) is 24.0. The third-order valence-electron chi connectivity index (χ3n) is 6.72. The number of hydrogen-bond donors (Lipinski definition) is 2. The maximum atomic E-state index is 13.9. The number of fused-ring (bicyclic) bond motifs is 1. The minimum Gasteiger partial charge on any atom is -0.408 e. The first-order valence-electron chi connectivity index (χ1n) is 11.1. The van der Waals surface area contributed by atoms with Gasteiger partial charge in [-0.25, -0.2) is 4.79 Å². The lowest BCUT2D eigenvalue weighted by atomic mass is 9.80. The molecule has 0 bridgehead atoms. The monoisotopic (exact) mass is 476 g/mol. The van der Waals surface area contributed by atoms with E-state index in [-0.39, 0.29) is 31.8 Å². The van der Waals surface area contributed by atoms with Gasteiger partial charge in [0.15, 0.2) is 5.58 Å². The molecule has 1 aliphatic rings. The second kappa shape index (κ2) is 9.25. The fraction of sp³-hybridized carbons (Fsp3) is 0.458. The highest BCUT2D eigenvalue weighted by Crippen LogP contribution is 2.66. The van der Waals surface area contributed by atoms with Crippen LogP contribution in [-0.2, 0) is 11.2 Å². The van der Waals surface area contributed by atoms with Crippen LogP contribution in [0.2, 0.25) is 0 Å². The van der Waals surface area contributed by atoms with Crippen LogP contribution in [-0.4, -0.2) is 53.6 Å². The van der Waals surface area contributed by atoms with E-state index in [0.717, 1.165) is 5.56 Å². The van der Waals surface area contributed by atoms with Crippen molar-refractivity contribution in [1.82, 2.24) is 20.2 Å². The van der Waals surface area contributed by atoms with Crippen LogP contribution in [0.1, 0.15) is 36.3 Å². The van der Waals surface area contributed by atoms with Gasteiger partial charge in [-0.15, -0.1) is 0 Å². The summed E-state index contributed by atoms with van der Waals surface area (Å²) in [5.74, 6) is -1.93. The Morgan fingerprint density at radius 3 is 2.68 bits per heavy atom. The lowest BCUT2D eigenvalue weighted by molar-refractivity contribution is -0.194. The molecule has 1 saturated carbocycles. The maximum absolute atomic E-state index is 13.9. The van der Waals surface area contributed by atoms with E-state index in [1.807, 2.05) is 25.1 Å². The molecule has 3 aromatic rings. The molecule has 0 radical (unpaired) electrons. The number of amides is 1. The zero-order valence-corrected chi connectivity index (χ0v) is 19.0. The zero-order chi connectivity index (χ0) is 24.5. The predicted octanol–water partition coefficient (Wildman–Crippen LogP) is 3.62. The van der Waals surface area contributed by atoms with E-state index in [9.17, 15) is 22.8 Å².